The number of sulfonamides is 1. The summed E-state index contributed by atoms with van der Waals surface area (Å²) in [5.41, 5.74) is 2.42. The predicted molar refractivity (Wildman–Crippen MR) is 141 cm³/mol. The minimum absolute atomic E-state index is 0.169. The number of nitrogens with one attached hydrogen (secondary N) is 2. The molecule has 0 aliphatic carbocycles. The first-order valence-corrected chi connectivity index (χ1v) is 14.0. The Morgan fingerprint density at radius 1 is 0.795 bits per heavy atom. The number of alkyl halides is 3. The van der Waals surface area contributed by atoms with Crippen molar-refractivity contribution in [1.29, 1.82) is 0 Å². The van der Waals surface area contributed by atoms with Crippen LogP contribution in [0.5, 0.6) is 11.5 Å². The van der Waals surface area contributed by atoms with E-state index in [4.69, 9.17) is 4.74 Å². The summed E-state index contributed by atoms with van der Waals surface area (Å²) in [6.45, 7) is 1.44. The lowest BCUT2D eigenvalue weighted by atomic mass is 10.1. The molecule has 0 bridgehead atoms. The number of carbonyl (C=O) groups excluding carboxylic acids is 1. The summed E-state index contributed by atoms with van der Waals surface area (Å²) in [7, 11) is -4.53. The van der Waals surface area contributed by atoms with Gasteiger partial charge >= 0.3 is 6.36 Å². The van der Waals surface area contributed by atoms with Crippen LogP contribution in [0.15, 0.2) is 83.8 Å². The maximum absolute atomic E-state index is 12.6. The molecule has 0 saturated carbocycles. The lowest BCUT2D eigenvalue weighted by Gasteiger charge is -2.14. The van der Waals surface area contributed by atoms with Gasteiger partial charge in [0.15, 0.2) is 0 Å². The van der Waals surface area contributed by atoms with E-state index in [2.05, 4.69) is 22.2 Å². The Kier molecular flexibility index (Phi) is 11.2. The van der Waals surface area contributed by atoms with Crippen LogP contribution in [-0.4, -0.2) is 40.4 Å². The highest BCUT2D eigenvalue weighted by Crippen LogP contribution is 2.29. The fraction of sp³-hybridized carbons (Fsp3) is 0.321. The van der Waals surface area contributed by atoms with Gasteiger partial charge in [-0.1, -0.05) is 54.6 Å². The van der Waals surface area contributed by atoms with Crippen molar-refractivity contribution >= 4 is 15.9 Å². The van der Waals surface area contributed by atoms with Crippen LogP contribution in [0.3, 0.4) is 0 Å². The van der Waals surface area contributed by atoms with Gasteiger partial charge in [-0.05, 0) is 67.6 Å². The van der Waals surface area contributed by atoms with Crippen molar-refractivity contribution in [2.24, 2.45) is 0 Å². The first-order valence-electron chi connectivity index (χ1n) is 12.5. The van der Waals surface area contributed by atoms with Crippen LogP contribution in [0.4, 0.5) is 13.2 Å². The van der Waals surface area contributed by atoms with Crippen LogP contribution in [0.1, 0.15) is 30.4 Å². The third-order valence-electron chi connectivity index (χ3n) is 5.61. The number of benzene rings is 3. The summed E-state index contributed by atoms with van der Waals surface area (Å²) >= 11 is 0. The second-order valence-electron chi connectivity index (χ2n) is 8.71. The highest BCUT2D eigenvalue weighted by atomic mass is 32.2. The first-order chi connectivity index (χ1) is 18.6. The molecular weight excluding hydrogens is 533 g/mol. The van der Waals surface area contributed by atoms with Crippen LogP contribution in [0.2, 0.25) is 0 Å². The van der Waals surface area contributed by atoms with E-state index in [0.29, 0.717) is 13.2 Å². The summed E-state index contributed by atoms with van der Waals surface area (Å²) in [6.07, 6.45) is -1.75. The minimum atomic E-state index is -5.07. The fourth-order valence-corrected chi connectivity index (χ4v) is 4.89. The van der Waals surface area contributed by atoms with Gasteiger partial charge in [0, 0.05) is 13.0 Å². The van der Waals surface area contributed by atoms with E-state index in [9.17, 15) is 26.4 Å². The molecule has 3 rings (SSSR count). The summed E-state index contributed by atoms with van der Waals surface area (Å²) in [4.78, 5) is 11.3. The molecule has 0 fully saturated rings. The van der Waals surface area contributed by atoms with Crippen molar-refractivity contribution in [3.05, 3.63) is 90.0 Å². The molecule has 0 heterocycles. The lowest BCUT2D eigenvalue weighted by molar-refractivity contribution is -0.275. The Balaban J connectivity index is 1.30. The molecule has 0 atom stereocenters. The Hall–Kier alpha value is -3.57. The van der Waals surface area contributed by atoms with E-state index >= 15 is 0 Å². The molecular formula is C28H31F3N2O5S. The predicted octanol–water partition coefficient (Wildman–Crippen LogP) is 5.01. The standard InChI is InChI=1S/C28H31F3N2O5S/c29-28(30,31)38-25-12-4-5-13-26(25)39(35,36)33-27(34)18-20-32-19-6-10-23-14-16-24(17-15-23)37-21-7-11-22-8-2-1-3-9-22/h1-5,8-9,12-17,32H,6-7,10-11,18-21H2,(H,33,34). The molecule has 0 spiro atoms. The Labute approximate surface area is 226 Å². The average molecular weight is 565 g/mol. The zero-order valence-corrected chi connectivity index (χ0v) is 22.1. The van der Waals surface area contributed by atoms with Gasteiger partial charge in [-0.2, -0.15) is 0 Å². The van der Waals surface area contributed by atoms with Crippen molar-refractivity contribution in [3.8, 4) is 11.5 Å². The van der Waals surface area contributed by atoms with Crippen molar-refractivity contribution in [3.63, 3.8) is 0 Å². The van der Waals surface area contributed by atoms with Crippen LogP contribution >= 0.6 is 0 Å². The average Bonchev–Trinajstić information content (AvgIpc) is 2.89. The third-order valence-corrected chi connectivity index (χ3v) is 7.02. The van der Waals surface area contributed by atoms with E-state index in [1.165, 1.54) is 17.7 Å². The molecule has 0 saturated heterocycles. The molecule has 2 N–H and O–H groups in total. The number of hydrogen-bond acceptors (Lipinski definition) is 6. The van der Waals surface area contributed by atoms with Gasteiger partial charge in [-0.3, -0.25) is 4.79 Å². The van der Waals surface area contributed by atoms with E-state index < -0.39 is 32.9 Å². The van der Waals surface area contributed by atoms with Gasteiger partial charge in [-0.25, -0.2) is 13.1 Å². The molecule has 39 heavy (non-hydrogen) atoms. The topological polar surface area (TPSA) is 93.7 Å². The smallest absolute Gasteiger partial charge is 0.494 e. The van der Waals surface area contributed by atoms with Gasteiger partial charge < -0.3 is 14.8 Å². The Bertz CT molecular complexity index is 1280. The van der Waals surface area contributed by atoms with Gasteiger partial charge in [0.25, 0.3) is 10.0 Å². The number of ether oxygens (including phenoxy) is 2. The van der Waals surface area contributed by atoms with Gasteiger partial charge in [-0.15, -0.1) is 13.2 Å². The minimum Gasteiger partial charge on any atom is -0.494 e. The number of amides is 1. The quantitative estimate of drug-likeness (QED) is 0.252. The molecule has 3 aromatic rings. The van der Waals surface area contributed by atoms with Crippen LogP contribution < -0.4 is 19.5 Å². The van der Waals surface area contributed by atoms with E-state index in [1.807, 2.05) is 42.5 Å². The molecule has 0 aromatic heterocycles. The molecule has 3 aromatic carbocycles. The number of rotatable bonds is 15. The largest absolute Gasteiger partial charge is 0.573 e. The van der Waals surface area contributed by atoms with E-state index in [0.717, 1.165) is 49.1 Å². The number of para-hydroxylation sites is 1. The van der Waals surface area contributed by atoms with E-state index in [1.54, 1.807) is 4.72 Å². The van der Waals surface area contributed by atoms with Crippen molar-refractivity contribution in [2.45, 2.75) is 43.4 Å². The second kappa shape index (κ2) is 14.5. The zero-order chi connectivity index (χ0) is 28.1. The van der Waals surface area contributed by atoms with Crippen molar-refractivity contribution < 1.29 is 35.9 Å². The van der Waals surface area contributed by atoms with Gasteiger partial charge in [0.05, 0.1) is 6.61 Å². The zero-order valence-electron chi connectivity index (χ0n) is 21.2. The van der Waals surface area contributed by atoms with Crippen molar-refractivity contribution in [2.75, 3.05) is 19.7 Å². The Morgan fingerprint density at radius 3 is 2.15 bits per heavy atom. The number of aryl methyl sites for hydroxylation is 2. The summed E-state index contributed by atoms with van der Waals surface area (Å²) in [5.74, 6) is -0.937. The number of halogens is 3. The molecule has 0 unspecified atom stereocenters. The van der Waals surface area contributed by atoms with Crippen LogP contribution in [-0.2, 0) is 27.7 Å². The Morgan fingerprint density at radius 2 is 1.44 bits per heavy atom. The normalized spacial score (nSPS) is 11.7. The highest BCUT2D eigenvalue weighted by molar-refractivity contribution is 7.90. The molecule has 11 heteroatoms. The SMILES string of the molecule is O=C(CCNCCCc1ccc(OCCCc2ccccc2)cc1)NS(=O)(=O)c1ccccc1OC(F)(F)F. The molecule has 0 aliphatic heterocycles. The van der Waals surface area contributed by atoms with Gasteiger partial charge in [0.2, 0.25) is 5.91 Å². The van der Waals surface area contributed by atoms with E-state index in [-0.39, 0.29) is 13.0 Å². The maximum Gasteiger partial charge on any atom is 0.573 e. The molecule has 0 radical (unpaired) electrons. The maximum atomic E-state index is 12.6. The number of hydrogen-bond donors (Lipinski definition) is 2. The first kappa shape index (κ1) is 30.0. The fourth-order valence-electron chi connectivity index (χ4n) is 3.74. The van der Waals surface area contributed by atoms with Crippen LogP contribution in [0.25, 0.3) is 0 Å². The third kappa shape index (κ3) is 11.0. The molecule has 1 amide bonds. The molecule has 210 valence electrons. The molecule has 0 aliphatic rings. The van der Waals surface area contributed by atoms with Gasteiger partial charge in [0.1, 0.15) is 16.4 Å². The summed E-state index contributed by atoms with van der Waals surface area (Å²) < 4.78 is 73.8. The molecule has 7 nitrogen and oxygen atoms in total. The number of carbonyl (C=O) groups is 1. The second-order valence-corrected chi connectivity index (χ2v) is 10.4. The monoisotopic (exact) mass is 564 g/mol. The highest BCUT2D eigenvalue weighted by Gasteiger charge is 2.34. The van der Waals surface area contributed by atoms with Crippen LogP contribution in [0, 0.1) is 0 Å². The summed E-state index contributed by atoms with van der Waals surface area (Å²) in [5, 5.41) is 3.06. The van der Waals surface area contributed by atoms with Crippen molar-refractivity contribution in [1.82, 2.24) is 10.0 Å². The summed E-state index contributed by atoms with van der Waals surface area (Å²) in [6, 6.07) is 22.4. The lowest BCUT2D eigenvalue weighted by Crippen LogP contribution is -2.33.